The van der Waals surface area contributed by atoms with Crippen molar-refractivity contribution in [1.29, 1.82) is 0 Å². The van der Waals surface area contributed by atoms with Gasteiger partial charge in [-0.2, -0.15) is 0 Å². The number of ether oxygens (including phenoxy) is 1. The van der Waals surface area contributed by atoms with Crippen molar-refractivity contribution in [1.82, 2.24) is 0 Å². The molecule has 0 saturated carbocycles. The number of hydrogen-bond acceptors (Lipinski definition) is 5. The summed E-state index contributed by atoms with van der Waals surface area (Å²) < 4.78 is 5.08. The maximum Gasteiger partial charge on any atom is 0.194 e. The molecule has 0 radical (unpaired) electrons. The van der Waals surface area contributed by atoms with Gasteiger partial charge in [0.15, 0.2) is 5.79 Å². The third kappa shape index (κ3) is 4.17. The van der Waals surface area contributed by atoms with Gasteiger partial charge in [0, 0.05) is 6.42 Å². The van der Waals surface area contributed by atoms with E-state index in [4.69, 9.17) is 4.74 Å². The van der Waals surface area contributed by atoms with Crippen LogP contribution in [0, 0.1) is 0 Å². The molecule has 0 spiro atoms. The predicted octanol–water partition coefficient (Wildman–Crippen LogP) is 0.538. The van der Waals surface area contributed by atoms with Crippen molar-refractivity contribution in [3.05, 3.63) is 0 Å². The quantitative estimate of drug-likeness (QED) is 0.503. The lowest BCUT2D eigenvalue weighted by atomic mass is 9.92. The van der Waals surface area contributed by atoms with Gasteiger partial charge in [0.25, 0.3) is 0 Å². The third-order valence-corrected chi connectivity index (χ3v) is 3.57. The summed E-state index contributed by atoms with van der Waals surface area (Å²) in [4.78, 5) is 0. The van der Waals surface area contributed by atoms with E-state index in [0.717, 1.165) is 19.3 Å². The van der Waals surface area contributed by atoms with Gasteiger partial charge < -0.3 is 25.2 Å². The molecule has 0 bridgehead atoms. The summed E-state index contributed by atoms with van der Waals surface area (Å²) in [5.41, 5.74) is 0. The molecule has 1 fully saturated rings. The van der Waals surface area contributed by atoms with Crippen LogP contribution < -0.4 is 0 Å². The standard InChI is InChI=1S/C13H26O5/c1-2-3-4-5-6-7-8-13(17)12(16)11(15)10(14)9-18-13/h10-12,14-17H,2-9H2,1H3/t10-,11+,12+,13+/m1/s1. The van der Waals surface area contributed by atoms with Gasteiger partial charge >= 0.3 is 0 Å². The Morgan fingerprint density at radius 3 is 2.33 bits per heavy atom. The van der Waals surface area contributed by atoms with E-state index in [0.29, 0.717) is 0 Å². The summed E-state index contributed by atoms with van der Waals surface area (Å²) in [5.74, 6) is -1.72. The normalized spacial score (nSPS) is 36.8. The maximum absolute atomic E-state index is 10.1. The second-order valence-corrected chi connectivity index (χ2v) is 5.18. The van der Waals surface area contributed by atoms with Crippen LogP contribution in [0.2, 0.25) is 0 Å². The van der Waals surface area contributed by atoms with Crippen molar-refractivity contribution in [2.75, 3.05) is 6.61 Å². The van der Waals surface area contributed by atoms with E-state index in [-0.39, 0.29) is 13.0 Å². The fraction of sp³-hybridized carbons (Fsp3) is 1.00. The zero-order valence-electron chi connectivity index (χ0n) is 11.1. The van der Waals surface area contributed by atoms with Crippen LogP contribution in [0.3, 0.4) is 0 Å². The first kappa shape index (κ1) is 15.9. The number of rotatable bonds is 7. The van der Waals surface area contributed by atoms with E-state index >= 15 is 0 Å². The Labute approximate surface area is 108 Å². The molecule has 5 nitrogen and oxygen atoms in total. The van der Waals surface area contributed by atoms with E-state index in [1.807, 2.05) is 0 Å². The molecule has 0 amide bonds. The topological polar surface area (TPSA) is 90.2 Å². The molecular weight excluding hydrogens is 236 g/mol. The van der Waals surface area contributed by atoms with Crippen molar-refractivity contribution < 1.29 is 25.2 Å². The van der Waals surface area contributed by atoms with Gasteiger partial charge in [-0.25, -0.2) is 0 Å². The van der Waals surface area contributed by atoms with Crippen LogP contribution in [0.15, 0.2) is 0 Å². The van der Waals surface area contributed by atoms with Crippen LogP contribution in [0.1, 0.15) is 51.9 Å². The lowest BCUT2D eigenvalue weighted by molar-refractivity contribution is -0.323. The fourth-order valence-corrected chi connectivity index (χ4v) is 2.27. The Bertz CT molecular complexity index is 235. The van der Waals surface area contributed by atoms with Gasteiger partial charge in [-0.05, 0) is 6.42 Å². The Balaban J connectivity index is 2.27. The van der Waals surface area contributed by atoms with Crippen molar-refractivity contribution in [2.45, 2.75) is 76.0 Å². The Morgan fingerprint density at radius 1 is 1.06 bits per heavy atom. The van der Waals surface area contributed by atoms with Crippen LogP contribution in [-0.4, -0.2) is 51.1 Å². The summed E-state index contributed by atoms with van der Waals surface area (Å²) in [5, 5.41) is 38.6. The van der Waals surface area contributed by atoms with Crippen LogP contribution in [-0.2, 0) is 4.74 Å². The van der Waals surface area contributed by atoms with Gasteiger partial charge in [0.1, 0.15) is 18.3 Å². The lowest BCUT2D eigenvalue weighted by Gasteiger charge is -2.41. The summed E-state index contributed by atoms with van der Waals surface area (Å²) in [7, 11) is 0. The average molecular weight is 262 g/mol. The van der Waals surface area contributed by atoms with E-state index in [1.54, 1.807) is 0 Å². The molecule has 18 heavy (non-hydrogen) atoms. The molecule has 4 N–H and O–H groups in total. The number of aliphatic hydroxyl groups is 4. The fourth-order valence-electron chi connectivity index (χ4n) is 2.27. The highest BCUT2D eigenvalue weighted by molar-refractivity contribution is 4.91. The minimum absolute atomic E-state index is 0.148. The van der Waals surface area contributed by atoms with Crippen LogP contribution in [0.25, 0.3) is 0 Å². The molecule has 4 atom stereocenters. The molecule has 1 rings (SSSR count). The molecule has 5 heteroatoms. The predicted molar refractivity (Wildman–Crippen MR) is 66.9 cm³/mol. The van der Waals surface area contributed by atoms with Gasteiger partial charge in [-0.15, -0.1) is 0 Å². The highest BCUT2D eigenvalue weighted by atomic mass is 16.6. The molecule has 0 aromatic rings. The molecule has 1 aliphatic heterocycles. The second-order valence-electron chi connectivity index (χ2n) is 5.18. The maximum atomic E-state index is 10.1. The first-order chi connectivity index (χ1) is 8.51. The largest absolute Gasteiger partial charge is 0.388 e. The van der Waals surface area contributed by atoms with E-state index in [1.165, 1.54) is 19.3 Å². The Hall–Kier alpha value is -0.200. The monoisotopic (exact) mass is 262 g/mol. The van der Waals surface area contributed by atoms with Crippen molar-refractivity contribution >= 4 is 0 Å². The third-order valence-electron chi connectivity index (χ3n) is 3.57. The Kier molecular flexibility index (Phi) is 6.52. The summed E-state index contributed by atoms with van der Waals surface area (Å²) in [6.07, 6.45) is 2.75. The minimum atomic E-state index is -1.72. The minimum Gasteiger partial charge on any atom is -0.388 e. The van der Waals surface area contributed by atoms with Gasteiger partial charge in [-0.3, -0.25) is 0 Å². The van der Waals surface area contributed by atoms with E-state index in [2.05, 4.69) is 6.92 Å². The van der Waals surface area contributed by atoms with Gasteiger partial charge in [-0.1, -0.05) is 39.0 Å². The number of unbranched alkanes of at least 4 members (excludes halogenated alkanes) is 5. The molecule has 108 valence electrons. The molecule has 1 heterocycles. The lowest BCUT2D eigenvalue weighted by Crippen LogP contribution is -2.60. The molecule has 0 aromatic heterocycles. The zero-order chi connectivity index (χ0) is 13.6. The first-order valence-corrected chi connectivity index (χ1v) is 6.92. The molecule has 1 saturated heterocycles. The van der Waals surface area contributed by atoms with Crippen LogP contribution in [0.5, 0.6) is 0 Å². The van der Waals surface area contributed by atoms with Crippen molar-refractivity contribution in [2.24, 2.45) is 0 Å². The van der Waals surface area contributed by atoms with Gasteiger partial charge in [0.2, 0.25) is 0 Å². The number of aliphatic hydroxyl groups excluding tert-OH is 3. The smallest absolute Gasteiger partial charge is 0.194 e. The van der Waals surface area contributed by atoms with Gasteiger partial charge in [0.05, 0.1) is 6.61 Å². The molecular formula is C13H26O5. The van der Waals surface area contributed by atoms with Crippen LogP contribution in [0.4, 0.5) is 0 Å². The van der Waals surface area contributed by atoms with Crippen molar-refractivity contribution in [3.63, 3.8) is 0 Å². The van der Waals surface area contributed by atoms with Crippen LogP contribution >= 0.6 is 0 Å². The van der Waals surface area contributed by atoms with E-state index in [9.17, 15) is 20.4 Å². The first-order valence-electron chi connectivity index (χ1n) is 6.92. The second kappa shape index (κ2) is 7.40. The zero-order valence-corrected chi connectivity index (χ0v) is 11.1. The Morgan fingerprint density at radius 2 is 1.67 bits per heavy atom. The number of hydrogen-bond donors (Lipinski definition) is 4. The molecule has 0 aliphatic carbocycles. The molecule has 0 unspecified atom stereocenters. The summed E-state index contributed by atoms with van der Waals surface area (Å²) in [6.45, 7) is 2.01. The average Bonchev–Trinajstić information content (AvgIpc) is 2.36. The highest BCUT2D eigenvalue weighted by Crippen LogP contribution is 2.28. The highest BCUT2D eigenvalue weighted by Gasteiger charge is 2.47. The molecule has 0 aromatic carbocycles. The molecule has 1 aliphatic rings. The summed E-state index contributed by atoms with van der Waals surface area (Å²) >= 11 is 0. The van der Waals surface area contributed by atoms with E-state index < -0.39 is 24.1 Å². The van der Waals surface area contributed by atoms with Crippen molar-refractivity contribution in [3.8, 4) is 0 Å². The SMILES string of the molecule is CCCCCCCC[C@]1(O)OC[C@@H](O)[C@H](O)[C@@H]1O. The summed E-state index contributed by atoms with van der Waals surface area (Å²) in [6, 6.07) is 0.